The van der Waals surface area contributed by atoms with Crippen molar-refractivity contribution in [1.29, 1.82) is 0 Å². The second-order valence-corrected chi connectivity index (χ2v) is 4.74. The lowest BCUT2D eigenvalue weighted by molar-refractivity contribution is -0.130. The quantitative estimate of drug-likeness (QED) is 0.870. The van der Waals surface area contributed by atoms with Crippen molar-refractivity contribution in [3.8, 4) is 11.5 Å². The molecule has 2 rings (SSSR count). The number of carbonyl (C=O) groups excluding carboxylic acids is 1. The first-order valence-electron chi connectivity index (χ1n) is 6.39. The van der Waals surface area contributed by atoms with Crippen LogP contribution in [0.1, 0.15) is 17.5 Å². The highest BCUT2D eigenvalue weighted by atomic mass is 16.7. The SMILES string of the molecule is CNCCC(=O)N(C)Cc1cc2c(cc1C)OCO2. The van der Waals surface area contributed by atoms with E-state index in [-0.39, 0.29) is 12.7 Å². The van der Waals surface area contributed by atoms with Gasteiger partial charge in [-0.05, 0) is 37.2 Å². The minimum atomic E-state index is 0.131. The van der Waals surface area contributed by atoms with Crippen LogP contribution in [0, 0.1) is 6.92 Å². The van der Waals surface area contributed by atoms with E-state index in [9.17, 15) is 4.79 Å². The fraction of sp³-hybridized carbons (Fsp3) is 0.500. The number of hydrogen-bond acceptors (Lipinski definition) is 4. The van der Waals surface area contributed by atoms with Crippen LogP contribution in [-0.2, 0) is 11.3 Å². The fourth-order valence-electron chi connectivity index (χ4n) is 2.02. The Balaban J connectivity index is 2.04. The van der Waals surface area contributed by atoms with Crippen LogP contribution in [0.25, 0.3) is 0 Å². The van der Waals surface area contributed by atoms with Gasteiger partial charge in [-0.15, -0.1) is 0 Å². The molecule has 0 spiro atoms. The predicted molar refractivity (Wildman–Crippen MR) is 72.3 cm³/mol. The number of amides is 1. The van der Waals surface area contributed by atoms with E-state index in [1.165, 1.54) is 0 Å². The van der Waals surface area contributed by atoms with Crippen molar-refractivity contribution >= 4 is 5.91 Å². The van der Waals surface area contributed by atoms with Crippen molar-refractivity contribution in [1.82, 2.24) is 10.2 Å². The van der Waals surface area contributed by atoms with E-state index in [0.717, 1.165) is 22.6 Å². The molecule has 1 aromatic rings. The molecule has 19 heavy (non-hydrogen) atoms. The molecule has 5 heteroatoms. The first-order valence-corrected chi connectivity index (χ1v) is 6.39. The largest absolute Gasteiger partial charge is 0.454 e. The van der Waals surface area contributed by atoms with Crippen molar-refractivity contribution in [2.24, 2.45) is 0 Å². The van der Waals surface area contributed by atoms with Crippen molar-refractivity contribution in [3.63, 3.8) is 0 Å². The standard InChI is InChI=1S/C14H20N2O3/c1-10-6-12-13(19-9-18-12)7-11(10)8-16(3)14(17)4-5-15-2/h6-7,15H,4-5,8-9H2,1-3H3. The topological polar surface area (TPSA) is 50.8 Å². The Hall–Kier alpha value is -1.75. The Kier molecular flexibility index (Phi) is 4.27. The molecule has 1 aliphatic heterocycles. The monoisotopic (exact) mass is 264 g/mol. The van der Waals surface area contributed by atoms with Crippen LogP contribution >= 0.6 is 0 Å². The van der Waals surface area contributed by atoms with Gasteiger partial charge in [-0.2, -0.15) is 0 Å². The molecule has 0 bridgehead atoms. The third-order valence-corrected chi connectivity index (χ3v) is 3.25. The summed E-state index contributed by atoms with van der Waals surface area (Å²) < 4.78 is 10.7. The Morgan fingerprint density at radius 1 is 1.37 bits per heavy atom. The Morgan fingerprint density at radius 2 is 2.05 bits per heavy atom. The van der Waals surface area contributed by atoms with Crippen molar-refractivity contribution in [3.05, 3.63) is 23.3 Å². The number of rotatable bonds is 5. The number of nitrogens with zero attached hydrogens (tertiary/aromatic N) is 1. The summed E-state index contributed by atoms with van der Waals surface area (Å²) in [7, 11) is 3.66. The number of benzene rings is 1. The van der Waals surface area contributed by atoms with Gasteiger partial charge in [-0.25, -0.2) is 0 Å². The van der Waals surface area contributed by atoms with E-state index in [4.69, 9.17) is 9.47 Å². The molecule has 1 amide bonds. The third-order valence-electron chi connectivity index (χ3n) is 3.25. The Labute approximate surface area is 113 Å². The van der Waals surface area contributed by atoms with E-state index >= 15 is 0 Å². The lowest BCUT2D eigenvalue weighted by Gasteiger charge is -2.19. The fourth-order valence-corrected chi connectivity index (χ4v) is 2.02. The van der Waals surface area contributed by atoms with Crippen LogP contribution < -0.4 is 14.8 Å². The lowest BCUT2D eigenvalue weighted by atomic mass is 10.1. The molecule has 0 fully saturated rings. The summed E-state index contributed by atoms with van der Waals surface area (Å²) in [5, 5.41) is 2.98. The molecule has 0 radical (unpaired) electrons. The smallest absolute Gasteiger partial charge is 0.231 e. The van der Waals surface area contributed by atoms with E-state index < -0.39 is 0 Å². The number of hydrogen-bond donors (Lipinski definition) is 1. The van der Waals surface area contributed by atoms with Gasteiger partial charge in [0.05, 0.1) is 0 Å². The number of nitrogens with one attached hydrogen (secondary N) is 1. The summed E-state index contributed by atoms with van der Waals surface area (Å²) in [4.78, 5) is 13.6. The van der Waals surface area contributed by atoms with Gasteiger partial charge in [-0.3, -0.25) is 4.79 Å². The highest BCUT2D eigenvalue weighted by Gasteiger charge is 2.17. The van der Waals surface area contributed by atoms with Gasteiger partial charge in [0.15, 0.2) is 11.5 Å². The molecular weight excluding hydrogens is 244 g/mol. The Morgan fingerprint density at radius 3 is 2.74 bits per heavy atom. The zero-order valence-corrected chi connectivity index (χ0v) is 11.7. The molecule has 0 aliphatic carbocycles. The van der Waals surface area contributed by atoms with E-state index in [0.29, 0.717) is 19.5 Å². The van der Waals surface area contributed by atoms with E-state index in [2.05, 4.69) is 5.32 Å². The number of ether oxygens (including phenoxy) is 2. The van der Waals surface area contributed by atoms with E-state index in [1.807, 2.05) is 33.2 Å². The second-order valence-electron chi connectivity index (χ2n) is 4.74. The van der Waals surface area contributed by atoms with Gasteiger partial charge in [0, 0.05) is 26.6 Å². The predicted octanol–water partition coefficient (Wildman–Crippen LogP) is 1.29. The summed E-state index contributed by atoms with van der Waals surface area (Å²) in [6, 6.07) is 3.92. The molecule has 1 N–H and O–H groups in total. The summed E-state index contributed by atoms with van der Waals surface area (Å²) in [6.07, 6.45) is 0.511. The molecule has 104 valence electrons. The zero-order chi connectivity index (χ0) is 13.8. The molecule has 1 aliphatic rings. The van der Waals surface area contributed by atoms with E-state index in [1.54, 1.807) is 4.90 Å². The molecular formula is C14H20N2O3. The number of fused-ring (bicyclic) bond motifs is 1. The van der Waals surface area contributed by atoms with Gasteiger partial charge in [0.2, 0.25) is 12.7 Å². The van der Waals surface area contributed by atoms with Gasteiger partial charge < -0.3 is 19.7 Å². The average Bonchev–Trinajstić information content (AvgIpc) is 2.83. The molecule has 1 aromatic carbocycles. The highest BCUT2D eigenvalue weighted by molar-refractivity contribution is 5.76. The lowest BCUT2D eigenvalue weighted by Crippen LogP contribution is -2.28. The van der Waals surface area contributed by atoms with Crippen LogP contribution in [0.2, 0.25) is 0 Å². The average molecular weight is 264 g/mol. The van der Waals surface area contributed by atoms with Crippen LogP contribution in [0.15, 0.2) is 12.1 Å². The van der Waals surface area contributed by atoms with Crippen molar-refractivity contribution in [2.45, 2.75) is 19.9 Å². The molecule has 0 unspecified atom stereocenters. The number of carbonyl (C=O) groups is 1. The maximum atomic E-state index is 11.9. The van der Waals surface area contributed by atoms with Crippen LogP contribution in [0.5, 0.6) is 11.5 Å². The molecule has 0 aromatic heterocycles. The molecule has 0 saturated heterocycles. The van der Waals surface area contributed by atoms with Crippen molar-refractivity contribution in [2.75, 3.05) is 27.4 Å². The summed E-state index contributed by atoms with van der Waals surface area (Å²) in [6.45, 7) is 3.58. The molecule has 0 saturated carbocycles. The first kappa shape index (κ1) is 13.7. The maximum absolute atomic E-state index is 11.9. The van der Waals surface area contributed by atoms with Crippen LogP contribution in [0.3, 0.4) is 0 Å². The first-order chi connectivity index (χ1) is 9.11. The summed E-state index contributed by atoms with van der Waals surface area (Å²) in [5.74, 6) is 1.67. The minimum absolute atomic E-state index is 0.131. The minimum Gasteiger partial charge on any atom is -0.454 e. The second kappa shape index (κ2) is 5.93. The van der Waals surface area contributed by atoms with Gasteiger partial charge in [0.1, 0.15) is 0 Å². The van der Waals surface area contributed by atoms with Crippen LogP contribution in [0.4, 0.5) is 0 Å². The van der Waals surface area contributed by atoms with Crippen LogP contribution in [-0.4, -0.2) is 38.2 Å². The third kappa shape index (κ3) is 3.17. The molecule has 0 atom stereocenters. The van der Waals surface area contributed by atoms with Gasteiger partial charge >= 0.3 is 0 Å². The maximum Gasteiger partial charge on any atom is 0.231 e. The molecule has 5 nitrogen and oxygen atoms in total. The zero-order valence-electron chi connectivity index (χ0n) is 11.7. The normalized spacial score (nSPS) is 12.6. The summed E-state index contributed by atoms with van der Waals surface area (Å²) in [5.41, 5.74) is 2.20. The molecule has 1 heterocycles. The highest BCUT2D eigenvalue weighted by Crippen LogP contribution is 2.34. The Bertz CT molecular complexity index is 474. The van der Waals surface area contributed by atoms with Crippen molar-refractivity contribution < 1.29 is 14.3 Å². The van der Waals surface area contributed by atoms with Gasteiger partial charge in [0.25, 0.3) is 0 Å². The number of aryl methyl sites for hydroxylation is 1. The van der Waals surface area contributed by atoms with Gasteiger partial charge in [-0.1, -0.05) is 0 Å². The summed E-state index contributed by atoms with van der Waals surface area (Å²) >= 11 is 0.